The molecule has 0 spiro atoms. The van der Waals surface area contributed by atoms with Crippen molar-refractivity contribution in [2.75, 3.05) is 25.9 Å². The van der Waals surface area contributed by atoms with Gasteiger partial charge in [-0.3, -0.25) is 4.68 Å². The Labute approximate surface area is 186 Å². The van der Waals surface area contributed by atoms with E-state index in [1.807, 2.05) is 23.1 Å². The van der Waals surface area contributed by atoms with Gasteiger partial charge < -0.3 is 25.6 Å². The largest absolute Gasteiger partial charge is 0.507 e. The van der Waals surface area contributed by atoms with E-state index >= 15 is 0 Å². The maximum atomic E-state index is 10.3. The van der Waals surface area contributed by atoms with E-state index in [1.165, 1.54) is 13.2 Å². The van der Waals surface area contributed by atoms with Gasteiger partial charge in [0.2, 0.25) is 0 Å². The number of hydrogen-bond acceptors (Lipinski definition) is 7. The van der Waals surface area contributed by atoms with Crippen LogP contribution in [0.25, 0.3) is 11.1 Å². The van der Waals surface area contributed by atoms with Crippen molar-refractivity contribution in [1.29, 1.82) is 0 Å². The predicted octanol–water partition coefficient (Wildman–Crippen LogP) is 3.96. The number of aromatic hydroxyl groups is 1. The minimum atomic E-state index is -0.584. The van der Waals surface area contributed by atoms with Crippen LogP contribution in [-0.2, 0) is 0 Å². The van der Waals surface area contributed by atoms with Crippen LogP contribution in [0.4, 0.5) is 5.82 Å². The van der Waals surface area contributed by atoms with E-state index in [9.17, 15) is 5.11 Å². The number of phenolic OH excluding ortho intramolecular Hbond substituents is 1. The van der Waals surface area contributed by atoms with Gasteiger partial charge in [-0.15, -0.1) is 0 Å². The smallest absolute Gasteiger partial charge is 0.166 e. The number of nitrogens with two attached hydrogens (primary N) is 1. The second-order valence-corrected chi connectivity index (χ2v) is 7.95. The highest BCUT2D eigenvalue weighted by molar-refractivity contribution is 6.33. The van der Waals surface area contributed by atoms with Crippen LogP contribution in [0.2, 0.25) is 5.02 Å². The maximum absolute atomic E-state index is 10.3. The molecule has 4 N–H and O–H groups in total. The summed E-state index contributed by atoms with van der Waals surface area (Å²) in [7, 11) is 1.52. The minimum Gasteiger partial charge on any atom is -0.507 e. The lowest BCUT2D eigenvalue weighted by atomic mass is 10.1. The summed E-state index contributed by atoms with van der Waals surface area (Å²) in [5.41, 5.74) is 8.27. The van der Waals surface area contributed by atoms with Crippen LogP contribution in [0.1, 0.15) is 37.5 Å². The molecule has 1 fully saturated rings. The summed E-state index contributed by atoms with van der Waals surface area (Å²) in [6.45, 7) is 3.78. The van der Waals surface area contributed by atoms with E-state index < -0.39 is 6.10 Å². The van der Waals surface area contributed by atoms with Gasteiger partial charge >= 0.3 is 0 Å². The van der Waals surface area contributed by atoms with Crippen LogP contribution in [0, 0.1) is 0 Å². The number of phenols is 1. The first-order valence-electron chi connectivity index (χ1n) is 10.2. The van der Waals surface area contributed by atoms with E-state index in [0.29, 0.717) is 28.1 Å². The lowest BCUT2D eigenvalue weighted by Crippen LogP contribution is -2.29. The first-order valence-corrected chi connectivity index (χ1v) is 10.6. The Bertz CT molecular complexity index is 1070. The highest BCUT2D eigenvalue weighted by atomic mass is 35.5. The maximum Gasteiger partial charge on any atom is 0.166 e. The average molecular weight is 444 g/mol. The molecule has 164 valence electrons. The molecule has 1 aliphatic heterocycles. The predicted molar refractivity (Wildman–Crippen MR) is 120 cm³/mol. The van der Waals surface area contributed by atoms with E-state index in [0.717, 1.165) is 37.1 Å². The third-order valence-electron chi connectivity index (χ3n) is 5.55. The third-order valence-corrected chi connectivity index (χ3v) is 5.94. The van der Waals surface area contributed by atoms with E-state index in [4.69, 9.17) is 26.8 Å². The Morgan fingerprint density at radius 2 is 2.00 bits per heavy atom. The third kappa shape index (κ3) is 4.40. The van der Waals surface area contributed by atoms with Crippen molar-refractivity contribution in [2.24, 2.45) is 0 Å². The van der Waals surface area contributed by atoms with E-state index in [1.54, 1.807) is 19.2 Å². The zero-order valence-corrected chi connectivity index (χ0v) is 18.3. The summed E-state index contributed by atoms with van der Waals surface area (Å²) in [6, 6.07) is 5.34. The quantitative estimate of drug-likeness (QED) is 0.529. The molecule has 9 heteroatoms. The lowest BCUT2D eigenvalue weighted by Gasteiger charge is -2.22. The number of pyridine rings is 1. The molecule has 1 aliphatic rings. The molecule has 8 nitrogen and oxygen atoms in total. The fourth-order valence-corrected chi connectivity index (χ4v) is 4.21. The summed E-state index contributed by atoms with van der Waals surface area (Å²) in [6.07, 6.45) is 7.08. The molecule has 1 atom stereocenters. The molecule has 0 saturated carbocycles. The normalized spacial score (nSPS) is 15.6. The number of anilines is 1. The molecular formula is C22H26ClN5O3. The van der Waals surface area contributed by atoms with Crippen molar-refractivity contribution >= 4 is 17.4 Å². The number of hydrogen-bond donors (Lipinski definition) is 3. The number of ether oxygens (including phenoxy) is 2. The fraction of sp³-hybridized carbons (Fsp3) is 0.364. The summed E-state index contributed by atoms with van der Waals surface area (Å²) < 4.78 is 13.3. The van der Waals surface area contributed by atoms with Crippen LogP contribution in [-0.4, -0.2) is 40.1 Å². The average Bonchev–Trinajstić information content (AvgIpc) is 3.26. The lowest BCUT2D eigenvalue weighted by molar-refractivity contribution is 0.222. The molecule has 31 heavy (non-hydrogen) atoms. The number of nitrogens with zero attached hydrogens (tertiary/aromatic N) is 3. The van der Waals surface area contributed by atoms with Gasteiger partial charge in [0, 0.05) is 23.5 Å². The molecule has 0 amide bonds. The van der Waals surface area contributed by atoms with Gasteiger partial charge in [-0.05, 0) is 51.1 Å². The van der Waals surface area contributed by atoms with Crippen molar-refractivity contribution < 1.29 is 14.6 Å². The number of aromatic nitrogens is 3. The molecule has 1 saturated heterocycles. The van der Waals surface area contributed by atoms with Crippen molar-refractivity contribution in [3.05, 3.63) is 47.4 Å². The van der Waals surface area contributed by atoms with Crippen LogP contribution >= 0.6 is 11.6 Å². The van der Waals surface area contributed by atoms with Crippen molar-refractivity contribution in [3.8, 4) is 28.4 Å². The molecule has 4 rings (SSSR count). The summed E-state index contributed by atoms with van der Waals surface area (Å²) in [5, 5.41) is 18.5. The zero-order valence-electron chi connectivity index (χ0n) is 17.5. The Hall–Kier alpha value is -2.97. The first kappa shape index (κ1) is 21.3. The highest BCUT2D eigenvalue weighted by Gasteiger charge is 2.21. The first-order chi connectivity index (χ1) is 15.0. The number of nitrogens with one attached hydrogen (secondary N) is 1. The van der Waals surface area contributed by atoms with Crippen LogP contribution in [0.3, 0.4) is 0 Å². The SMILES string of the molecule is COc1ccc(O)c(C(C)Oc2cc(-c3cnn(C4CCNCC4)c3)cnc2N)c1Cl. The minimum absolute atomic E-state index is 0.0178. The Balaban J connectivity index is 1.58. The number of methoxy groups -OCH3 is 1. The van der Waals surface area contributed by atoms with Crippen molar-refractivity contribution in [3.63, 3.8) is 0 Å². The second-order valence-electron chi connectivity index (χ2n) is 7.57. The van der Waals surface area contributed by atoms with Crippen LogP contribution in [0.5, 0.6) is 17.2 Å². The Morgan fingerprint density at radius 3 is 2.74 bits per heavy atom. The van der Waals surface area contributed by atoms with Crippen molar-refractivity contribution in [2.45, 2.75) is 31.9 Å². The highest BCUT2D eigenvalue weighted by Crippen LogP contribution is 2.40. The van der Waals surface area contributed by atoms with Crippen LogP contribution < -0.4 is 20.5 Å². The monoisotopic (exact) mass is 443 g/mol. The number of piperidine rings is 1. The van der Waals surface area contributed by atoms with Crippen LogP contribution in [0.15, 0.2) is 36.8 Å². The Kier molecular flexibility index (Phi) is 6.20. The second kappa shape index (κ2) is 9.03. The molecule has 0 radical (unpaired) electrons. The number of halogens is 1. The number of nitrogen functional groups attached to an aromatic ring is 1. The van der Waals surface area contributed by atoms with Gasteiger partial charge in [-0.2, -0.15) is 5.10 Å². The van der Waals surface area contributed by atoms with E-state index in [-0.39, 0.29) is 11.6 Å². The fourth-order valence-electron chi connectivity index (χ4n) is 3.82. The topological polar surface area (TPSA) is 107 Å². The molecule has 3 aromatic rings. The number of rotatable bonds is 6. The van der Waals surface area contributed by atoms with Gasteiger partial charge in [0.05, 0.1) is 29.9 Å². The molecule has 1 aromatic carbocycles. The molecular weight excluding hydrogens is 418 g/mol. The van der Waals surface area contributed by atoms with Gasteiger partial charge in [-0.25, -0.2) is 4.98 Å². The van der Waals surface area contributed by atoms with E-state index in [2.05, 4.69) is 15.4 Å². The van der Waals surface area contributed by atoms with Gasteiger partial charge in [0.25, 0.3) is 0 Å². The van der Waals surface area contributed by atoms with Gasteiger partial charge in [-0.1, -0.05) is 11.6 Å². The van der Waals surface area contributed by atoms with Crippen molar-refractivity contribution in [1.82, 2.24) is 20.1 Å². The Morgan fingerprint density at radius 1 is 1.23 bits per heavy atom. The number of benzene rings is 1. The standard InChI is InChI=1S/C22H26ClN5O3/c1-13(20-17(29)3-4-18(30-2)21(20)23)31-19-9-14(10-26-22(19)24)15-11-27-28(12-15)16-5-7-25-8-6-16/h3-4,9-13,16,25,29H,5-8H2,1-2H3,(H2,24,26). The zero-order chi connectivity index (χ0) is 22.0. The molecule has 3 heterocycles. The molecule has 2 aromatic heterocycles. The molecule has 0 bridgehead atoms. The molecule has 0 aliphatic carbocycles. The summed E-state index contributed by atoms with van der Waals surface area (Å²) >= 11 is 6.39. The molecule has 1 unspecified atom stereocenters. The summed E-state index contributed by atoms with van der Waals surface area (Å²) in [5.74, 6) is 1.12. The van der Waals surface area contributed by atoms with Gasteiger partial charge in [0.1, 0.15) is 17.6 Å². The summed E-state index contributed by atoms with van der Waals surface area (Å²) in [4.78, 5) is 4.29. The van der Waals surface area contributed by atoms with Gasteiger partial charge in [0.15, 0.2) is 11.6 Å².